The second kappa shape index (κ2) is 16.0. The van der Waals surface area contributed by atoms with Gasteiger partial charge in [0, 0.05) is 23.4 Å². The summed E-state index contributed by atoms with van der Waals surface area (Å²) in [4.78, 5) is 31.0. The van der Waals surface area contributed by atoms with Crippen LogP contribution in [0.25, 0.3) is 22.6 Å². The molecule has 2 saturated carbocycles. The van der Waals surface area contributed by atoms with Crippen LogP contribution in [0.3, 0.4) is 0 Å². The Labute approximate surface area is 330 Å². The third kappa shape index (κ3) is 7.40. The Bertz CT molecular complexity index is 2280. The lowest BCUT2D eigenvalue weighted by Crippen LogP contribution is -2.26. The number of phenolic OH excluding ortho intramolecular Hbond substituents is 2. The van der Waals surface area contributed by atoms with Crippen LogP contribution in [-0.2, 0) is 0 Å². The molecule has 2 aliphatic rings. The average Bonchev–Trinajstić information content (AvgIpc) is 3.88. The maximum absolute atomic E-state index is 14.1. The number of ketones is 2. The molecule has 2 fully saturated rings. The molecular weight excluding hydrogens is 774 g/mol. The first-order valence-corrected chi connectivity index (χ1v) is 19.2. The molecule has 0 radical (unpaired) electrons. The zero-order chi connectivity index (χ0) is 38.1. The first-order chi connectivity index (χ1) is 26.0. The lowest BCUT2D eigenvalue weighted by Gasteiger charge is -2.22. The number of hydrogen-bond donors (Lipinski definition) is 5. The smallest absolute Gasteiger partial charge is 0.215 e. The molecule has 280 valence electrons. The van der Waals surface area contributed by atoms with Gasteiger partial charge in [-0.15, -0.1) is 5.10 Å². The monoisotopic (exact) mass is 808 g/mol. The van der Waals surface area contributed by atoms with Crippen LogP contribution in [0, 0.1) is 5.53 Å². The predicted octanol–water partition coefficient (Wildman–Crippen LogP) is 10.3. The van der Waals surface area contributed by atoms with Crippen molar-refractivity contribution in [1.29, 1.82) is 5.53 Å². The Morgan fingerprint density at radius 1 is 0.889 bits per heavy atom. The highest BCUT2D eigenvalue weighted by molar-refractivity contribution is 6.45. The van der Waals surface area contributed by atoms with E-state index in [1.165, 1.54) is 47.7 Å². The minimum Gasteiger partial charge on any atom is -0.507 e. The summed E-state index contributed by atoms with van der Waals surface area (Å²) in [6, 6.07) is 10.7. The molecule has 0 saturated heterocycles. The molecular formula is C38H36Cl4N8O4. The first kappa shape index (κ1) is 37.7. The van der Waals surface area contributed by atoms with Crippen molar-refractivity contribution >= 4 is 63.7 Å². The normalized spacial score (nSPS) is 15.7. The van der Waals surface area contributed by atoms with Crippen molar-refractivity contribution in [2.75, 3.05) is 0 Å². The van der Waals surface area contributed by atoms with Crippen molar-refractivity contribution in [1.82, 2.24) is 29.9 Å². The molecule has 16 heteroatoms. The summed E-state index contributed by atoms with van der Waals surface area (Å²) in [5.74, 6) is -2.14. The minimum atomic E-state index is -0.708. The second-order valence-corrected chi connectivity index (χ2v) is 15.1. The van der Waals surface area contributed by atoms with E-state index < -0.39 is 11.6 Å². The molecule has 2 aromatic carbocycles. The van der Waals surface area contributed by atoms with E-state index in [-0.39, 0.29) is 77.8 Å². The van der Waals surface area contributed by atoms with E-state index in [1.54, 1.807) is 18.3 Å². The zero-order valence-corrected chi connectivity index (χ0v) is 31.9. The van der Waals surface area contributed by atoms with Crippen LogP contribution < -0.4 is 5.32 Å². The SMILES string of the molecule is N=N/C(=C\NC1CCCCC1)c1ccc(C(=O)c2cc(Cl)c(Cl)n2-c2c(C(=O)c3ccc(-c4cn(C5CCCCC5)nn4)cc3O)[nH]c(Cl)c2Cl)c(O)c1. The van der Waals surface area contributed by atoms with Gasteiger partial charge in [-0.1, -0.05) is 102 Å². The summed E-state index contributed by atoms with van der Waals surface area (Å²) in [6.07, 6.45) is 14.5. The van der Waals surface area contributed by atoms with E-state index in [1.807, 2.05) is 10.9 Å². The van der Waals surface area contributed by atoms with Gasteiger partial charge >= 0.3 is 0 Å². The molecule has 0 amide bonds. The maximum Gasteiger partial charge on any atom is 0.215 e. The van der Waals surface area contributed by atoms with Crippen LogP contribution in [0.15, 0.2) is 60.0 Å². The molecule has 0 aliphatic heterocycles. The summed E-state index contributed by atoms with van der Waals surface area (Å²) < 4.78 is 3.03. The Balaban J connectivity index is 1.19. The number of nitrogens with zero attached hydrogens (tertiary/aromatic N) is 5. The number of carbonyl (C=O) groups excluding carboxylic acids is 2. The molecule has 3 heterocycles. The molecule has 12 nitrogen and oxygen atoms in total. The number of nitrogens with one attached hydrogen (secondary N) is 3. The van der Waals surface area contributed by atoms with Crippen molar-refractivity contribution in [2.24, 2.45) is 5.11 Å². The number of halogens is 4. The van der Waals surface area contributed by atoms with Crippen LogP contribution in [0.4, 0.5) is 0 Å². The van der Waals surface area contributed by atoms with E-state index in [0.29, 0.717) is 16.8 Å². The number of phenols is 2. The largest absolute Gasteiger partial charge is 0.507 e. The van der Waals surface area contributed by atoms with Gasteiger partial charge in [-0.05, 0) is 56.0 Å². The molecule has 0 atom stereocenters. The van der Waals surface area contributed by atoms with Crippen LogP contribution in [0.2, 0.25) is 20.4 Å². The molecule has 7 rings (SSSR count). The third-order valence-corrected chi connectivity index (χ3v) is 11.7. The fraction of sp³-hybridized carbons (Fsp3) is 0.316. The Hall–Kier alpha value is -4.62. The van der Waals surface area contributed by atoms with Crippen molar-refractivity contribution in [2.45, 2.75) is 76.3 Å². The van der Waals surface area contributed by atoms with Crippen LogP contribution in [-0.4, -0.2) is 52.4 Å². The summed E-state index contributed by atoms with van der Waals surface area (Å²) >= 11 is 26.2. The molecule has 5 N–H and O–H groups in total. The lowest BCUT2D eigenvalue weighted by molar-refractivity contribution is 0.101. The van der Waals surface area contributed by atoms with Gasteiger partial charge in [-0.2, -0.15) is 5.11 Å². The summed E-state index contributed by atoms with van der Waals surface area (Å²) in [6.45, 7) is 0. The van der Waals surface area contributed by atoms with Gasteiger partial charge < -0.3 is 20.5 Å². The Morgan fingerprint density at radius 3 is 2.24 bits per heavy atom. The number of H-pyrrole nitrogens is 1. The Kier molecular flexibility index (Phi) is 11.2. The minimum absolute atomic E-state index is 0.0385. The van der Waals surface area contributed by atoms with Gasteiger partial charge in [-0.25, -0.2) is 10.2 Å². The third-order valence-electron chi connectivity index (χ3n) is 10.2. The van der Waals surface area contributed by atoms with Crippen molar-refractivity contribution < 1.29 is 19.8 Å². The van der Waals surface area contributed by atoms with Gasteiger partial charge in [0.1, 0.15) is 43.9 Å². The summed E-state index contributed by atoms with van der Waals surface area (Å²) in [7, 11) is 0. The van der Waals surface area contributed by atoms with Crippen molar-refractivity contribution in [3.63, 3.8) is 0 Å². The number of benzene rings is 2. The number of rotatable bonds is 11. The molecule has 0 unspecified atom stereocenters. The number of aromatic amines is 1. The van der Waals surface area contributed by atoms with E-state index >= 15 is 0 Å². The molecule has 2 aliphatic carbocycles. The van der Waals surface area contributed by atoms with E-state index in [9.17, 15) is 19.8 Å². The van der Waals surface area contributed by atoms with Gasteiger partial charge in [0.15, 0.2) is 0 Å². The molecule has 3 aromatic heterocycles. The van der Waals surface area contributed by atoms with Crippen LogP contribution in [0.5, 0.6) is 11.5 Å². The van der Waals surface area contributed by atoms with Crippen molar-refractivity contribution in [3.05, 3.63) is 103 Å². The number of carbonyl (C=O) groups is 2. The van der Waals surface area contributed by atoms with Gasteiger partial charge in [0.25, 0.3) is 0 Å². The second-order valence-electron chi connectivity index (χ2n) is 13.6. The molecule has 0 bridgehead atoms. The van der Waals surface area contributed by atoms with E-state index in [2.05, 4.69) is 25.7 Å². The molecule has 5 aromatic rings. The number of aromatic hydroxyl groups is 2. The highest BCUT2D eigenvalue weighted by atomic mass is 35.5. The average molecular weight is 811 g/mol. The number of hydrogen-bond acceptors (Lipinski definition) is 9. The van der Waals surface area contributed by atoms with Crippen molar-refractivity contribution in [3.8, 4) is 28.4 Å². The fourth-order valence-electron chi connectivity index (χ4n) is 7.27. The van der Waals surface area contributed by atoms with Crippen LogP contribution in [0.1, 0.15) is 108 Å². The highest BCUT2D eigenvalue weighted by Gasteiger charge is 2.31. The summed E-state index contributed by atoms with van der Waals surface area (Å²) in [5, 5.41) is 37.3. The van der Waals surface area contributed by atoms with Crippen LogP contribution >= 0.6 is 46.4 Å². The lowest BCUT2D eigenvalue weighted by atomic mass is 9.95. The predicted molar refractivity (Wildman–Crippen MR) is 208 cm³/mol. The quantitative estimate of drug-likeness (QED) is 0.0652. The van der Waals surface area contributed by atoms with E-state index in [0.717, 1.165) is 51.4 Å². The highest BCUT2D eigenvalue weighted by Crippen LogP contribution is 2.41. The first-order valence-electron chi connectivity index (χ1n) is 17.7. The Morgan fingerprint density at radius 2 is 1.56 bits per heavy atom. The topological polar surface area (TPSA) is 174 Å². The molecule has 0 spiro atoms. The van der Waals surface area contributed by atoms with E-state index in [4.69, 9.17) is 51.9 Å². The summed E-state index contributed by atoms with van der Waals surface area (Å²) in [5.41, 5.74) is 8.90. The maximum atomic E-state index is 14.1. The van der Waals surface area contributed by atoms with Gasteiger partial charge in [0.05, 0.1) is 39.8 Å². The molecule has 54 heavy (non-hydrogen) atoms. The zero-order valence-electron chi connectivity index (χ0n) is 28.9. The van der Waals surface area contributed by atoms with Gasteiger partial charge in [0.2, 0.25) is 11.6 Å². The number of aromatic nitrogens is 5. The van der Waals surface area contributed by atoms with Gasteiger partial charge in [-0.3, -0.25) is 14.2 Å². The standard InChI is InChI=1S/C38H36Cl4N8O4/c39-26-17-29(35(53)24-13-11-20(15-30(24)51)27(46-43)18-44-22-7-3-1-4-8-22)50(38(26)42)34-32(40)37(41)45-33(34)36(54)25-14-12-21(16-31(25)52)28-19-49(48-47-28)23-9-5-2-6-10-23/h11-19,22-23,43-45,51-52H,1-10H2/b27-18-,46-43?. The fourth-order valence-corrected chi connectivity index (χ4v) is 8.10.